The lowest BCUT2D eigenvalue weighted by molar-refractivity contribution is 0.530. The number of halogens is 1. The van der Waals surface area contributed by atoms with Gasteiger partial charge in [0, 0.05) is 6.04 Å². The van der Waals surface area contributed by atoms with Crippen LogP contribution in [0.3, 0.4) is 0 Å². The van der Waals surface area contributed by atoms with Gasteiger partial charge >= 0.3 is 0 Å². The molecule has 1 aromatic heterocycles. The van der Waals surface area contributed by atoms with Crippen molar-refractivity contribution in [1.29, 1.82) is 0 Å². The number of rotatable bonds is 3. The Morgan fingerprint density at radius 1 is 1.62 bits per heavy atom. The minimum absolute atomic E-state index is 0.379. The van der Waals surface area contributed by atoms with Crippen LogP contribution in [0.4, 0.5) is 0 Å². The van der Waals surface area contributed by atoms with Crippen LogP contribution in [0.25, 0.3) is 6.08 Å². The molecule has 0 aliphatic rings. The zero-order chi connectivity index (χ0) is 9.84. The van der Waals surface area contributed by atoms with Gasteiger partial charge in [-0.05, 0) is 55.0 Å². The molecule has 0 radical (unpaired) electrons. The first kappa shape index (κ1) is 10.5. The SMILES string of the molecule is CNC(C)/C(C)=C/c1ccc(Br)o1. The Labute approximate surface area is 87.1 Å². The number of nitrogens with one attached hydrogen (secondary N) is 1. The first-order valence-corrected chi connectivity index (χ1v) is 5.03. The normalized spacial score (nSPS) is 14.6. The van der Waals surface area contributed by atoms with E-state index in [9.17, 15) is 0 Å². The quantitative estimate of drug-likeness (QED) is 0.883. The van der Waals surface area contributed by atoms with E-state index in [2.05, 4.69) is 35.1 Å². The van der Waals surface area contributed by atoms with Crippen LogP contribution in [0.15, 0.2) is 26.8 Å². The fourth-order valence-electron chi connectivity index (χ4n) is 0.983. The summed E-state index contributed by atoms with van der Waals surface area (Å²) in [5, 5.41) is 3.17. The van der Waals surface area contributed by atoms with Crippen LogP contribution >= 0.6 is 15.9 Å². The predicted molar refractivity (Wildman–Crippen MR) is 58.6 cm³/mol. The smallest absolute Gasteiger partial charge is 0.169 e. The molecular weight excluding hydrogens is 230 g/mol. The van der Waals surface area contributed by atoms with Crippen molar-refractivity contribution in [3.63, 3.8) is 0 Å². The highest BCUT2D eigenvalue weighted by Gasteiger charge is 2.02. The fraction of sp³-hybridized carbons (Fsp3) is 0.400. The lowest BCUT2D eigenvalue weighted by atomic mass is 10.1. The van der Waals surface area contributed by atoms with Crippen LogP contribution in [-0.2, 0) is 0 Å². The summed E-state index contributed by atoms with van der Waals surface area (Å²) >= 11 is 3.26. The van der Waals surface area contributed by atoms with Gasteiger partial charge in [0.05, 0.1) is 0 Å². The van der Waals surface area contributed by atoms with Crippen LogP contribution in [0.2, 0.25) is 0 Å². The van der Waals surface area contributed by atoms with Gasteiger partial charge in [-0.25, -0.2) is 0 Å². The molecule has 2 nitrogen and oxygen atoms in total. The molecule has 0 fully saturated rings. The topological polar surface area (TPSA) is 25.2 Å². The molecule has 0 amide bonds. The highest BCUT2D eigenvalue weighted by Crippen LogP contribution is 2.17. The van der Waals surface area contributed by atoms with E-state index in [0.717, 1.165) is 10.4 Å². The number of hydrogen-bond donors (Lipinski definition) is 1. The van der Waals surface area contributed by atoms with Crippen LogP contribution in [0, 0.1) is 0 Å². The predicted octanol–water partition coefficient (Wildman–Crippen LogP) is 3.05. The summed E-state index contributed by atoms with van der Waals surface area (Å²) in [6.07, 6.45) is 2.03. The molecular formula is C10H14BrNO. The van der Waals surface area contributed by atoms with Gasteiger partial charge in [-0.2, -0.15) is 0 Å². The Bertz CT molecular complexity index is 304. The molecule has 0 saturated heterocycles. The molecule has 0 aliphatic heterocycles. The van der Waals surface area contributed by atoms with Gasteiger partial charge in [0.2, 0.25) is 0 Å². The zero-order valence-corrected chi connectivity index (χ0v) is 9.68. The molecule has 0 spiro atoms. The Kier molecular flexibility index (Phi) is 3.75. The largest absolute Gasteiger partial charge is 0.450 e. The molecule has 0 aliphatic carbocycles. The molecule has 0 saturated carbocycles. The molecule has 0 aromatic carbocycles. The summed E-state index contributed by atoms with van der Waals surface area (Å²) in [5.41, 5.74) is 1.25. The van der Waals surface area contributed by atoms with Gasteiger partial charge in [0.25, 0.3) is 0 Å². The van der Waals surface area contributed by atoms with Crippen molar-refractivity contribution in [2.45, 2.75) is 19.9 Å². The molecule has 13 heavy (non-hydrogen) atoms. The van der Waals surface area contributed by atoms with Gasteiger partial charge in [-0.3, -0.25) is 0 Å². The van der Waals surface area contributed by atoms with Crippen LogP contribution in [0.5, 0.6) is 0 Å². The average molecular weight is 244 g/mol. The van der Waals surface area contributed by atoms with Gasteiger partial charge in [0.15, 0.2) is 4.67 Å². The van der Waals surface area contributed by atoms with Gasteiger partial charge in [-0.15, -0.1) is 0 Å². The zero-order valence-electron chi connectivity index (χ0n) is 8.10. The fourth-order valence-corrected chi connectivity index (χ4v) is 1.30. The first-order chi connectivity index (χ1) is 6.13. The molecule has 1 unspecified atom stereocenters. The van der Waals surface area contributed by atoms with Crippen molar-refractivity contribution in [3.05, 3.63) is 28.1 Å². The van der Waals surface area contributed by atoms with Crippen LogP contribution in [0.1, 0.15) is 19.6 Å². The second kappa shape index (κ2) is 4.63. The molecule has 1 aromatic rings. The van der Waals surface area contributed by atoms with E-state index >= 15 is 0 Å². The van der Waals surface area contributed by atoms with E-state index in [-0.39, 0.29) is 0 Å². The maximum absolute atomic E-state index is 5.36. The maximum Gasteiger partial charge on any atom is 0.169 e. The summed E-state index contributed by atoms with van der Waals surface area (Å²) < 4.78 is 6.13. The summed E-state index contributed by atoms with van der Waals surface area (Å²) in [5.74, 6) is 0.881. The highest BCUT2D eigenvalue weighted by atomic mass is 79.9. The molecule has 1 heterocycles. The molecule has 1 N–H and O–H groups in total. The van der Waals surface area contributed by atoms with Gasteiger partial charge < -0.3 is 9.73 Å². The first-order valence-electron chi connectivity index (χ1n) is 4.24. The summed E-state index contributed by atoms with van der Waals surface area (Å²) in [7, 11) is 1.94. The average Bonchev–Trinajstić information content (AvgIpc) is 2.49. The molecule has 3 heteroatoms. The third-order valence-electron chi connectivity index (χ3n) is 2.08. The van der Waals surface area contributed by atoms with Crippen LogP contribution in [-0.4, -0.2) is 13.1 Å². The lowest BCUT2D eigenvalue weighted by Crippen LogP contribution is -2.21. The Morgan fingerprint density at radius 2 is 2.31 bits per heavy atom. The lowest BCUT2D eigenvalue weighted by Gasteiger charge is -2.09. The van der Waals surface area contributed by atoms with E-state index in [0.29, 0.717) is 6.04 Å². The van der Waals surface area contributed by atoms with Crippen molar-refractivity contribution in [3.8, 4) is 0 Å². The van der Waals surface area contributed by atoms with Crippen LogP contribution < -0.4 is 5.32 Å². The van der Waals surface area contributed by atoms with Crippen molar-refractivity contribution in [2.24, 2.45) is 0 Å². The monoisotopic (exact) mass is 243 g/mol. The van der Waals surface area contributed by atoms with Crippen molar-refractivity contribution >= 4 is 22.0 Å². The third-order valence-corrected chi connectivity index (χ3v) is 2.51. The second-order valence-corrected chi connectivity index (χ2v) is 3.82. The Morgan fingerprint density at radius 3 is 2.77 bits per heavy atom. The summed E-state index contributed by atoms with van der Waals surface area (Å²) in [6, 6.07) is 4.21. The molecule has 72 valence electrons. The minimum Gasteiger partial charge on any atom is -0.450 e. The van der Waals surface area contributed by atoms with Crippen molar-refractivity contribution in [2.75, 3.05) is 7.05 Å². The molecule has 0 bridgehead atoms. The number of hydrogen-bond acceptors (Lipinski definition) is 2. The summed E-state index contributed by atoms with van der Waals surface area (Å²) in [4.78, 5) is 0. The van der Waals surface area contributed by atoms with E-state index in [4.69, 9.17) is 4.42 Å². The number of likely N-dealkylation sites (N-methyl/N-ethyl adjacent to an activating group) is 1. The van der Waals surface area contributed by atoms with E-state index in [1.807, 2.05) is 25.3 Å². The Hall–Kier alpha value is -0.540. The summed E-state index contributed by atoms with van der Waals surface area (Å²) in [6.45, 7) is 4.20. The minimum atomic E-state index is 0.379. The standard InChI is InChI=1S/C10H14BrNO/c1-7(8(2)12-3)6-9-4-5-10(11)13-9/h4-6,8,12H,1-3H3/b7-6+. The molecule has 1 atom stereocenters. The van der Waals surface area contributed by atoms with Gasteiger partial charge in [0.1, 0.15) is 5.76 Å². The number of furan rings is 1. The maximum atomic E-state index is 5.36. The van der Waals surface area contributed by atoms with E-state index < -0.39 is 0 Å². The van der Waals surface area contributed by atoms with Crippen molar-refractivity contribution in [1.82, 2.24) is 5.32 Å². The molecule has 1 rings (SSSR count). The van der Waals surface area contributed by atoms with Crippen molar-refractivity contribution < 1.29 is 4.42 Å². The third kappa shape index (κ3) is 3.01. The van der Waals surface area contributed by atoms with E-state index in [1.165, 1.54) is 5.57 Å². The van der Waals surface area contributed by atoms with E-state index in [1.54, 1.807) is 0 Å². The highest BCUT2D eigenvalue weighted by molar-refractivity contribution is 9.10. The second-order valence-electron chi connectivity index (χ2n) is 3.04. The van der Waals surface area contributed by atoms with Gasteiger partial charge in [-0.1, -0.05) is 5.57 Å². The Balaban J connectivity index is 2.76.